The van der Waals surface area contributed by atoms with Crippen molar-refractivity contribution in [2.24, 2.45) is 0 Å². The van der Waals surface area contributed by atoms with E-state index in [2.05, 4.69) is 9.80 Å². The minimum atomic E-state index is -4.59. The van der Waals surface area contributed by atoms with Gasteiger partial charge in [-0.15, -0.1) is 11.3 Å². The molecule has 1 aromatic heterocycles. The Bertz CT molecular complexity index is 399. The number of halogens is 3. The number of aliphatic hydroxyl groups is 1. The van der Waals surface area contributed by atoms with E-state index in [1.54, 1.807) is 6.07 Å². The van der Waals surface area contributed by atoms with Crippen LogP contribution in [0.25, 0.3) is 0 Å². The van der Waals surface area contributed by atoms with Crippen molar-refractivity contribution in [3.63, 3.8) is 0 Å². The van der Waals surface area contributed by atoms with E-state index in [1.807, 2.05) is 7.05 Å². The molecular formula is C11H15F3N2OS. The number of aliphatic hydroxyl groups excluding tert-OH is 1. The maximum atomic E-state index is 12.4. The van der Waals surface area contributed by atoms with Crippen LogP contribution in [-0.2, 0) is 0 Å². The molecule has 2 heterocycles. The zero-order valence-corrected chi connectivity index (χ0v) is 10.8. The summed E-state index contributed by atoms with van der Waals surface area (Å²) in [5.74, 6) is 0. The van der Waals surface area contributed by atoms with Gasteiger partial charge in [-0.25, -0.2) is 0 Å². The molecule has 0 saturated carbocycles. The van der Waals surface area contributed by atoms with E-state index in [0.717, 1.165) is 42.5 Å². The topological polar surface area (TPSA) is 26.7 Å². The highest BCUT2D eigenvalue weighted by Crippen LogP contribution is 2.38. The van der Waals surface area contributed by atoms with Gasteiger partial charge in [0.05, 0.1) is 5.00 Å². The number of hydrogen-bond acceptors (Lipinski definition) is 4. The zero-order chi connectivity index (χ0) is 13.3. The average molecular weight is 280 g/mol. The second kappa shape index (κ2) is 5.07. The molecule has 3 nitrogen and oxygen atoms in total. The van der Waals surface area contributed by atoms with E-state index in [9.17, 15) is 13.2 Å². The predicted molar refractivity (Wildman–Crippen MR) is 65.0 cm³/mol. The molecule has 1 aromatic rings. The number of likely N-dealkylation sites (N-methyl/N-ethyl adjacent to an activating group) is 1. The fourth-order valence-electron chi connectivity index (χ4n) is 1.85. The van der Waals surface area contributed by atoms with Crippen LogP contribution in [0.15, 0.2) is 12.1 Å². The molecule has 0 aliphatic carbocycles. The molecule has 1 aliphatic rings. The molecule has 0 amide bonds. The number of nitrogens with zero attached hydrogens (tertiary/aromatic N) is 2. The van der Waals surface area contributed by atoms with Gasteiger partial charge < -0.3 is 14.9 Å². The molecule has 1 aliphatic heterocycles. The molecule has 1 atom stereocenters. The number of rotatable bonds is 2. The van der Waals surface area contributed by atoms with Crippen molar-refractivity contribution in [2.45, 2.75) is 12.3 Å². The van der Waals surface area contributed by atoms with E-state index in [1.165, 1.54) is 6.07 Å². The molecule has 0 radical (unpaired) electrons. The first-order chi connectivity index (χ1) is 8.38. The van der Waals surface area contributed by atoms with Crippen LogP contribution in [0.2, 0.25) is 0 Å². The summed E-state index contributed by atoms with van der Waals surface area (Å²) in [4.78, 5) is 4.18. The Morgan fingerprint density at radius 3 is 2.39 bits per heavy atom. The molecule has 1 saturated heterocycles. The van der Waals surface area contributed by atoms with Crippen molar-refractivity contribution in [1.29, 1.82) is 0 Å². The Morgan fingerprint density at radius 2 is 1.83 bits per heavy atom. The van der Waals surface area contributed by atoms with E-state index >= 15 is 0 Å². The van der Waals surface area contributed by atoms with Crippen LogP contribution < -0.4 is 4.90 Å². The lowest BCUT2D eigenvalue weighted by Gasteiger charge is -2.32. The lowest BCUT2D eigenvalue weighted by molar-refractivity contribution is -0.205. The van der Waals surface area contributed by atoms with Gasteiger partial charge in [0.1, 0.15) is 0 Å². The summed E-state index contributed by atoms with van der Waals surface area (Å²) in [7, 11) is 2.02. The van der Waals surface area contributed by atoms with E-state index in [4.69, 9.17) is 5.11 Å². The van der Waals surface area contributed by atoms with Crippen LogP contribution in [0.1, 0.15) is 11.0 Å². The molecule has 18 heavy (non-hydrogen) atoms. The van der Waals surface area contributed by atoms with Crippen molar-refractivity contribution in [3.05, 3.63) is 17.0 Å². The van der Waals surface area contributed by atoms with Crippen molar-refractivity contribution in [1.82, 2.24) is 4.90 Å². The first kappa shape index (κ1) is 13.6. The Balaban J connectivity index is 2.06. The van der Waals surface area contributed by atoms with Gasteiger partial charge in [-0.05, 0) is 19.2 Å². The Labute approximate surface area is 107 Å². The molecule has 1 N–H and O–H groups in total. The maximum Gasteiger partial charge on any atom is 0.419 e. The number of piperazine rings is 1. The van der Waals surface area contributed by atoms with Gasteiger partial charge in [-0.1, -0.05) is 0 Å². The van der Waals surface area contributed by atoms with E-state index in [0.29, 0.717) is 0 Å². The normalized spacial score (nSPS) is 20.2. The molecule has 0 spiro atoms. The summed E-state index contributed by atoms with van der Waals surface area (Å²) in [6.45, 7) is 3.40. The summed E-state index contributed by atoms with van der Waals surface area (Å²) in [5.41, 5.74) is 0. The first-order valence-corrected chi connectivity index (χ1v) is 6.47. The van der Waals surface area contributed by atoms with Gasteiger partial charge in [0.15, 0.2) is 6.10 Å². The lowest BCUT2D eigenvalue weighted by Crippen LogP contribution is -2.44. The molecule has 0 bridgehead atoms. The summed E-state index contributed by atoms with van der Waals surface area (Å²) in [6, 6.07) is 3.01. The molecule has 2 rings (SSSR count). The number of anilines is 1. The third-order valence-electron chi connectivity index (χ3n) is 3.01. The van der Waals surface area contributed by atoms with Gasteiger partial charge >= 0.3 is 6.18 Å². The highest BCUT2D eigenvalue weighted by Gasteiger charge is 2.40. The second-order valence-corrected chi connectivity index (χ2v) is 5.50. The van der Waals surface area contributed by atoms with Crippen LogP contribution in [-0.4, -0.2) is 49.4 Å². The largest absolute Gasteiger partial charge is 0.419 e. The van der Waals surface area contributed by atoms with Crippen LogP contribution in [0.4, 0.5) is 18.2 Å². The number of thiophene rings is 1. The first-order valence-electron chi connectivity index (χ1n) is 5.66. The van der Waals surface area contributed by atoms with Crippen molar-refractivity contribution in [2.75, 3.05) is 38.1 Å². The highest BCUT2D eigenvalue weighted by molar-refractivity contribution is 7.16. The minimum absolute atomic E-state index is 0.0450. The minimum Gasteiger partial charge on any atom is -0.379 e. The van der Waals surface area contributed by atoms with Crippen LogP contribution >= 0.6 is 11.3 Å². The number of alkyl halides is 3. The Hall–Kier alpha value is -0.790. The highest BCUT2D eigenvalue weighted by atomic mass is 32.1. The second-order valence-electron chi connectivity index (χ2n) is 4.41. The van der Waals surface area contributed by atoms with Gasteiger partial charge in [0, 0.05) is 31.1 Å². The van der Waals surface area contributed by atoms with Gasteiger partial charge in [-0.2, -0.15) is 13.2 Å². The molecular weight excluding hydrogens is 265 g/mol. The monoisotopic (exact) mass is 280 g/mol. The van der Waals surface area contributed by atoms with Crippen LogP contribution in [0.5, 0.6) is 0 Å². The Morgan fingerprint density at radius 1 is 1.22 bits per heavy atom. The Kier molecular flexibility index (Phi) is 3.84. The quantitative estimate of drug-likeness (QED) is 0.898. The smallest absolute Gasteiger partial charge is 0.379 e. The molecule has 102 valence electrons. The van der Waals surface area contributed by atoms with Gasteiger partial charge in [0.2, 0.25) is 0 Å². The van der Waals surface area contributed by atoms with Crippen molar-refractivity contribution in [3.8, 4) is 0 Å². The van der Waals surface area contributed by atoms with Gasteiger partial charge in [-0.3, -0.25) is 0 Å². The van der Waals surface area contributed by atoms with E-state index in [-0.39, 0.29) is 4.88 Å². The zero-order valence-electron chi connectivity index (χ0n) is 9.94. The summed E-state index contributed by atoms with van der Waals surface area (Å²) in [6.07, 6.45) is -6.96. The summed E-state index contributed by atoms with van der Waals surface area (Å²) < 4.78 is 37.1. The SMILES string of the molecule is CN1CCN(c2ccc(C(O)C(F)(F)F)s2)CC1. The van der Waals surface area contributed by atoms with Crippen LogP contribution in [0.3, 0.4) is 0 Å². The summed E-state index contributed by atoms with van der Waals surface area (Å²) >= 11 is 1.01. The average Bonchev–Trinajstić information content (AvgIpc) is 2.77. The maximum absolute atomic E-state index is 12.4. The third kappa shape index (κ3) is 2.96. The van der Waals surface area contributed by atoms with E-state index < -0.39 is 12.3 Å². The third-order valence-corrected chi connectivity index (χ3v) is 4.21. The molecule has 7 heteroatoms. The van der Waals surface area contributed by atoms with Crippen LogP contribution in [0, 0.1) is 0 Å². The van der Waals surface area contributed by atoms with Crippen molar-refractivity contribution >= 4 is 16.3 Å². The molecule has 0 aromatic carbocycles. The fraction of sp³-hybridized carbons (Fsp3) is 0.636. The fourth-order valence-corrected chi connectivity index (χ4v) is 2.92. The predicted octanol–water partition coefficient (Wildman–Crippen LogP) is 2.10. The molecule has 1 unspecified atom stereocenters. The van der Waals surface area contributed by atoms with Crippen molar-refractivity contribution < 1.29 is 18.3 Å². The van der Waals surface area contributed by atoms with Gasteiger partial charge in [0.25, 0.3) is 0 Å². The molecule has 1 fully saturated rings. The standard InChI is InChI=1S/C11H15F3N2OS/c1-15-4-6-16(7-5-15)9-3-2-8(18-9)10(17)11(12,13)14/h2-3,10,17H,4-7H2,1H3. The lowest BCUT2D eigenvalue weighted by atomic mass is 10.3. The summed E-state index contributed by atoms with van der Waals surface area (Å²) in [5, 5.41) is 9.96. The number of hydrogen-bond donors (Lipinski definition) is 1.